The minimum atomic E-state index is -0.592. The molecule has 3 N–H and O–H groups in total. The molecule has 1 saturated heterocycles. The predicted molar refractivity (Wildman–Crippen MR) is 64.6 cm³/mol. The molecule has 1 fully saturated rings. The first-order chi connectivity index (χ1) is 8.24. The highest BCUT2D eigenvalue weighted by Gasteiger charge is 2.18. The summed E-state index contributed by atoms with van der Waals surface area (Å²) in [5.41, 5.74) is 0. The molecule has 0 aromatic carbocycles. The summed E-state index contributed by atoms with van der Waals surface area (Å²) in [6, 6.07) is -0.0318. The number of aliphatic hydroxyl groups excluding tert-OH is 1. The van der Waals surface area contributed by atoms with Crippen LogP contribution in [0.1, 0.15) is 6.42 Å². The number of carbonyl (C=O) groups is 1. The predicted octanol–water partition coefficient (Wildman–Crippen LogP) is -0.488. The number of nitrogens with one attached hydrogen (secondary N) is 2. The number of ether oxygens (including phenoxy) is 1. The lowest BCUT2D eigenvalue weighted by molar-refractivity contribution is 0.0747. The molecule has 1 unspecified atom stereocenters. The molecule has 2 amide bonds. The molecule has 98 valence electrons. The van der Waals surface area contributed by atoms with E-state index in [0.29, 0.717) is 39.3 Å². The zero-order valence-corrected chi connectivity index (χ0v) is 10.0. The zero-order valence-electron chi connectivity index (χ0n) is 10.0. The van der Waals surface area contributed by atoms with Crippen molar-refractivity contribution in [3.63, 3.8) is 0 Å². The van der Waals surface area contributed by atoms with Crippen LogP contribution in [0.25, 0.3) is 0 Å². The first kappa shape index (κ1) is 14.0. The standard InChI is InChI=1S/C11H21N3O3/c1-2-8-17-9-3-10(15)12-4-6-14-7-5-13-11(14)16/h2,10,12,15H,1,3-9H2,(H,13,16). The maximum absolute atomic E-state index is 11.2. The summed E-state index contributed by atoms with van der Waals surface area (Å²) in [6.45, 7) is 7.15. The van der Waals surface area contributed by atoms with Gasteiger partial charge in [-0.2, -0.15) is 0 Å². The van der Waals surface area contributed by atoms with E-state index in [1.54, 1.807) is 11.0 Å². The summed E-state index contributed by atoms with van der Waals surface area (Å²) in [4.78, 5) is 12.9. The smallest absolute Gasteiger partial charge is 0.317 e. The molecule has 1 heterocycles. The number of carbonyl (C=O) groups excluding carboxylic acids is 1. The fraction of sp³-hybridized carbons (Fsp3) is 0.727. The Morgan fingerprint density at radius 2 is 2.53 bits per heavy atom. The third-order valence-electron chi connectivity index (χ3n) is 2.48. The molecule has 0 aromatic heterocycles. The molecule has 17 heavy (non-hydrogen) atoms. The van der Waals surface area contributed by atoms with Gasteiger partial charge < -0.3 is 20.1 Å². The molecule has 0 aromatic rings. The molecule has 1 aliphatic rings. The SMILES string of the molecule is C=CCOCCC(O)NCCN1CCNC1=O. The molecule has 0 bridgehead atoms. The van der Waals surface area contributed by atoms with Gasteiger partial charge in [-0.3, -0.25) is 5.32 Å². The van der Waals surface area contributed by atoms with Gasteiger partial charge in [-0.25, -0.2) is 4.79 Å². The van der Waals surface area contributed by atoms with Crippen LogP contribution in [0.15, 0.2) is 12.7 Å². The van der Waals surface area contributed by atoms with Crippen LogP contribution in [0.2, 0.25) is 0 Å². The fourth-order valence-electron chi connectivity index (χ4n) is 1.55. The van der Waals surface area contributed by atoms with E-state index in [4.69, 9.17) is 4.74 Å². The lowest BCUT2D eigenvalue weighted by Gasteiger charge is -2.17. The molecule has 1 atom stereocenters. The molecule has 1 aliphatic heterocycles. The van der Waals surface area contributed by atoms with E-state index in [1.165, 1.54) is 0 Å². The molecule has 0 aliphatic carbocycles. The third-order valence-corrected chi connectivity index (χ3v) is 2.48. The number of nitrogens with zero attached hydrogens (tertiary/aromatic N) is 1. The maximum Gasteiger partial charge on any atom is 0.317 e. The number of rotatable bonds is 9. The molecule has 1 rings (SSSR count). The summed E-state index contributed by atoms with van der Waals surface area (Å²) < 4.78 is 5.16. The van der Waals surface area contributed by atoms with Crippen LogP contribution in [0.3, 0.4) is 0 Å². The van der Waals surface area contributed by atoms with Crippen LogP contribution >= 0.6 is 0 Å². The summed E-state index contributed by atoms with van der Waals surface area (Å²) in [5.74, 6) is 0. The molecule has 6 heteroatoms. The first-order valence-corrected chi connectivity index (χ1v) is 5.87. The van der Waals surface area contributed by atoms with Gasteiger partial charge in [0.25, 0.3) is 0 Å². The quantitative estimate of drug-likeness (QED) is 0.290. The van der Waals surface area contributed by atoms with E-state index in [0.717, 1.165) is 6.54 Å². The summed E-state index contributed by atoms with van der Waals surface area (Å²) in [6.07, 6.45) is 1.61. The normalized spacial score (nSPS) is 17.0. The number of hydrogen-bond donors (Lipinski definition) is 3. The first-order valence-electron chi connectivity index (χ1n) is 5.87. The minimum absolute atomic E-state index is 0.0318. The Bertz CT molecular complexity index is 248. The van der Waals surface area contributed by atoms with Crippen LogP contribution in [0, 0.1) is 0 Å². The summed E-state index contributed by atoms with van der Waals surface area (Å²) in [7, 11) is 0. The van der Waals surface area contributed by atoms with Crippen LogP contribution in [0.4, 0.5) is 4.79 Å². The topological polar surface area (TPSA) is 73.8 Å². The molecular weight excluding hydrogens is 222 g/mol. The van der Waals surface area contributed by atoms with Crippen LogP contribution in [0.5, 0.6) is 0 Å². The molecule has 6 nitrogen and oxygen atoms in total. The van der Waals surface area contributed by atoms with Crippen molar-refractivity contribution in [1.29, 1.82) is 0 Å². The van der Waals surface area contributed by atoms with Crippen molar-refractivity contribution in [2.75, 3.05) is 39.4 Å². The Balaban J connectivity index is 1.97. The van der Waals surface area contributed by atoms with Gasteiger partial charge in [0, 0.05) is 32.6 Å². The Hall–Kier alpha value is -1.11. The largest absolute Gasteiger partial charge is 0.379 e. The van der Waals surface area contributed by atoms with Gasteiger partial charge in [-0.05, 0) is 0 Å². The van der Waals surface area contributed by atoms with E-state index in [9.17, 15) is 9.90 Å². The van der Waals surface area contributed by atoms with Gasteiger partial charge in [0.2, 0.25) is 0 Å². The van der Waals surface area contributed by atoms with Crippen molar-refractivity contribution >= 4 is 6.03 Å². The number of aliphatic hydroxyl groups is 1. The summed E-state index contributed by atoms with van der Waals surface area (Å²) in [5, 5.41) is 15.2. The van der Waals surface area contributed by atoms with Crippen LogP contribution in [-0.4, -0.2) is 61.7 Å². The molecule has 0 saturated carbocycles. The second-order valence-electron chi connectivity index (χ2n) is 3.84. The van der Waals surface area contributed by atoms with Crippen molar-refractivity contribution in [3.8, 4) is 0 Å². The molecule has 0 spiro atoms. The van der Waals surface area contributed by atoms with E-state index in [-0.39, 0.29) is 6.03 Å². The van der Waals surface area contributed by atoms with Crippen molar-refractivity contribution in [3.05, 3.63) is 12.7 Å². The van der Waals surface area contributed by atoms with Gasteiger partial charge >= 0.3 is 6.03 Å². The second-order valence-corrected chi connectivity index (χ2v) is 3.84. The average Bonchev–Trinajstić information content (AvgIpc) is 2.71. The van der Waals surface area contributed by atoms with Gasteiger partial charge in [-0.15, -0.1) is 6.58 Å². The van der Waals surface area contributed by atoms with Gasteiger partial charge in [0.15, 0.2) is 0 Å². The Kier molecular flexibility index (Phi) is 6.61. The Morgan fingerprint density at radius 3 is 3.18 bits per heavy atom. The van der Waals surface area contributed by atoms with Gasteiger partial charge in [0.05, 0.1) is 13.2 Å². The molecular formula is C11H21N3O3. The van der Waals surface area contributed by atoms with E-state index in [2.05, 4.69) is 17.2 Å². The van der Waals surface area contributed by atoms with Crippen LogP contribution in [-0.2, 0) is 4.74 Å². The Morgan fingerprint density at radius 1 is 1.71 bits per heavy atom. The average molecular weight is 243 g/mol. The highest BCUT2D eigenvalue weighted by Crippen LogP contribution is 1.95. The molecule has 0 radical (unpaired) electrons. The van der Waals surface area contributed by atoms with Crippen molar-refractivity contribution in [2.24, 2.45) is 0 Å². The van der Waals surface area contributed by atoms with Crippen molar-refractivity contribution in [2.45, 2.75) is 12.6 Å². The number of urea groups is 1. The Labute approximate surface area is 102 Å². The van der Waals surface area contributed by atoms with E-state index >= 15 is 0 Å². The van der Waals surface area contributed by atoms with Crippen molar-refractivity contribution < 1.29 is 14.6 Å². The zero-order chi connectivity index (χ0) is 12.5. The number of amides is 2. The highest BCUT2D eigenvalue weighted by molar-refractivity contribution is 5.76. The van der Waals surface area contributed by atoms with Crippen molar-refractivity contribution in [1.82, 2.24) is 15.5 Å². The fourth-order valence-corrected chi connectivity index (χ4v) is 1.55. The lowest BCUT2D eigenvalue weighted by Crippen LogP contribution is -2.39. The number of hydrogen-bond acceptors (Lipinski definition) is 4. The van der Waals surface area contributed by atoms with E-state index < -0.39 is 6.23 Å². The summed E-state index contributed by atoms with van der Waals surface area (Å²) >= 11 is 0. The highest BCUT2D eigenvalue weighted by atomic mass is 16.5. The van der Waals surface area contributed by atoms with Gasteiger partial charge in [0.1, 0.15) is 6.23 Å². The second kappa shape index (κ2) is 8.05. The third kappa shape index (κ3) is 5.67. The monoisotopic (exact) mass is 243 g/mol. The maximum atomic E-state index is 11.2. The van der Waals surface area contributed by atoms with Gasteiger partial charge in [-0.1, -0.05) is 6.08 Å². The lowest BCUT2D eigenvalue weighted by atomic mass is 10.4. The van der Waals surface area contributed by atoms with E-state index in [1.807, 2.05) is 0 Å². The minimum Gasteiger partial charge on any atom is -0.379 e. The van der Waals surface area contributed by atoms with Crippen LogP contribution < -0.4 is 10.6 Å².